The van der Waals surface area contributed by atoms with E-state index in [2.05, 4.69) is 15.2 Å². The molecular weight excluding hydrogens is 508 g/mol. The fraction of sp³-hybridized carbons (Fsp3) is 0.348. The molecule has 38 heavy (non-hydrogen) atoms. The molecule has 0 spiro atoms. The molecule has 1 saturated heterocycles. The van der Waals surface area contributed by atoms with Crippen LogP contribution in [0.3, 0.4) is 0 Å². The molecule has 0 saturated carbocycles. The quantitative estimate of drug-likeness (QED) is 0.141. The molecule has 1 aliphatic rings. The van der Waals surface area contributed by atoms with Crippen LogP contribution in [0, 0.1) is 10.1 Å². The van der Waals surface area contributed by atoms with Crippen LogP contribution in [0.4, 0.5) is 17.2 Å². The van der Waals surface area contributed by atoms with Gasteiger partial charge in [0.2, 0.25) is 0 Å². The number of anilines is 2. The fourth-order valence-corrected chi connectivity index (χ4v) is 3.01. The summed E-state index contributed by atoms with van der Waals surface area (Å²) in [5.74, 6) is -5.90. The van der Waals surface area contributed by atoms with E-state index in [1.54, 1.807) is 6.07 Å². The number of ether oxygens (including phenoxy) is 1. The molecule has 0 bridgehead atoms. The second kappa shape index (κ2) is 16.8. The van der Waals surface area contributed by atoms with E-state index in [1.165, 1.54) is 44.6 Å². The minimum atomic E-state index is -1.82. The molecule has 1 aliphatic heterocycles. The highest BCUT2D eigenvalue weighted by Gasteiger charge is 2.09. The second-order valence-electron chi connectivity index (χ2n) is 7.63. The van der Waals surface area contributed by atoms with Crippen LogP contribution in [-0.2, 0) is 19.2 Å². The highest BCUT2D eigenvalue weighted by Crippen LogP contribution is 2.20. The predicted molar refractivity (Wildman–Crippen MR) is 132 cm³/mol. The van der Waals surface area contributed by atoms with Crippen LogP contribution in [-0.4, -0.2) is 85.4 Å². The van der Waals surface area contributed by atoms with Crippen LogP contribution in [0.5, 0.6) is 5.75 Å². The zero-order valence-electron chi connectivity index (χ0n) is 20.2. The van der Waals surface area contributed by atoms with Crippen LogP contribution < -0.4 is 10.1 Å². The average molecular weight is 536 g/mol. The van der Waals surface area contributed by atoms with Crippen LogP contribution in [0.25, 0.3) is 0 Å². The molecule has 5 N–H and O–H groups in total. The Morgan fingerprint density at radius 2 is 1.45 bits per heavy atom. The molecular formula is C23H28N4O11. The number of nitrogens with one attached hydrogen (secondary N) is 1. The van der Waals surface area contributed by atoms with E-state index in [0.29, 0.717) is 12.4 Å². The molecule has 2 heterocycles. The van der Waals surface area contributed by atoms with E-state index >= 15 is 0 Å². The number of likely N-dealkylation sites (tertiary alicyclic amines) is 1. The van der Waals surface area contributed by atoms with Crippen LogP contribution in [0.1, 0.15) is 25.7 Å². The number of aliphatic carboxylic acids is 4. The Balaban J connectivity index is 0.000000503. The van der Waals surface area contributed by atoms with Gasteiger partial charge in [0.25, 0.3) is 5.69 Å². The summed E-state index contributed by atoms with van der Waals surface area (Å²) in [6, 6.07) is 10.6. The topological polar surface area (TPSA) is 230 Å². The van der Waals surface area contributed by atoms with Gasteiger partial charge in [-0.25, -0.2) is 24.2 Å². The number of pyridine rings is 1. The summed E-state index contributed by atoms with van der Waals surface area (Å²) in [6.45, 7) is 4.26. The van der Waals surface area contributed by atoms with Crippen molar-refractivity contribution in [3.63, 3.8) is 0 Å². The standard InChI is InChI=1S/C19H24N4O3.2C2H2O4/c24-23(25)17-7-10-19(20-15-17)21-16-5-8-18(9-6-16)26-14-4-13-22-11-2-1-3-12-22;2*3-1(4)2(5)6/h5-10,15H,1-4,11-14H2,(H,20,21);2*(H,3,4)(H,5,6). The molecule has 0 atom stereocenters. The van der Waals surface area contributed by atoms with Crippen LogP contribution in [0.2, 0.25) is 0 Å². The van der Waals surface area contributed by atoms with Gasteiger partial charge in [0.15, 0.2) is 0 Å². The maximum absolute atomic E-state index is 10.6. The smallest absolute Gasteiger partial charge is 0.414 e. The number of nitrogens with zero attached hydrogens (tertiary/aromatic N) is 3. The summed E-state index contributed by atoms with van der Waals surface area (Å²) in [5, 5.41) is 43.3. The number of carboxylic acid groups (broad SMARTS) is 4. The minimum Gasteiger partial charge on any atom is -0.494 e. The molecule has 0 radical (unpaired) electrons. The van der Waals surface area contributed by atoms with E-state index in [-0.39, 0.29) is 5.69 Å². The number of piperidine rings is 1. The summed E-state index contributed by atoms with van der Waals surface area (Å²) in [4.78, 5) is 53.1. The molecule has 1 fully saturated rings. The van der Waals surface area contributed by atoms with Crippen molar-refractivity contribution in [3.05, 3.63) is 52.7 Å². The van der Waals surface area contributed by atoms with Gasteiger partial charge >= 0.3 is 23.9 Å². The fourth-order valence-electron chi connectivity index (χ4n) is 3.01. The Morgan fingerprint density at radius 1 is 0.895 bits per heavy atom. The summed E-state index contributed by atoms with van der Waals surface area (Å²) in [7, 11) is 0. The molecule has 0 amide bonds. The molecule has 206 valence electrons. The maximum Gasteiger partial charge on any atom is 0.414 e. The first-order valence-corrected chi connectivity index (χ1v) is 11.2. The van der Waals surface area contributed by atoms with E-state index < -0.39 is 28.8 Å². The Kier molecular flexibility index (Phi) is 13.8. The number of carbonyl (C=O) groups is 4. The van der Waals surface area contributed by atoms with Gasteiger partial charge in [-0.15, -0.1) is 0 Å². The molecule has 3 rings (SSSR count). The van der Waals surface area contributed by atoms with Gasteiger partial charge in [0.1, 0.15) is 17.8 Å². The highest BCUT2D eigenvalue weighted by atomic mass is 16.6. The van der Waals surface area contributed by atoms with E-state index in [0.717, 1.165) is 24.4 Å². The number of rotatable bonds is 8. The average Bonchev–Trinajstić information content (AvgIpc) is 2.89. The predicted octanol–water partition coefficient (Wildman–Crippen LogP) is 2.30. The third-order valence-electron chi connectivity index (χ3n) is 4.79. The Morgan fingerprint density at radius 3 is 1.89 bits per heavy atom. The molecule has 1 aromatic heterocycles. The number of aromatic nitrogens is 1. The second-order valence-corrected chi connectivity index (χ2v) is 7.63. The Labute approximate surface area is 216 Å². The molecule has 15 heteroatoms. The first-order valence-electron chi connectivity index (χ1n) is 11.2. The van der Waals surface area contributed by atoms with E-state index in [4.69, 9.17) is 44.3 Å². The number of nitro groups is 1. The lowest BCUT2D eigenvalue weighted by Crippen LogP contribution is -2.31. The largest absolute Gasteiger partial charge is 0.494 e. The summed E-state index contributed by atoms with van der Waals surface area (Å²) < 4.78 is 5.80. The SMILES string of the molecule is O=C(O)C(=O)O.O=C(O)C(=O)O.O=[N+]([O-])c1ccc(Nc2ccc(OCCCN3CCCCC3)cc2)nc1. The third kappa shape index (κ3) is 13.3. The summed E-state index contributed by atoms with van der Waals surface area (Å²) in [5.41, 5.74) is 0.830. The number of hydrogen-bond donors (Lipinski definition) is 5. The molecule has 15 nitrogen and oxygen atoms in total. The molecule has 0 unspecified atom stereocenters. The molecule has 2 aromatic rings. The normalized spacial score (nSPS) is 12.4. The number of carboxylic acids is 4. The molecule has 1 aromatic carbocycles. The van der Waals surface area contributed by atoms with Crippen molar-refractivity contribution in [3.8, 4) is 5.75 Å². The van der Waals surface area contributed by atoms with Gasteiger partial charge < -0.3 is 35.4 Å². The first-order chi connectivity index (χ1) is 18.0. The zero-order chi connectivity index (χ0) is 28.5. The van der Waals surface area contributed by atoms with Crippen molar-refractivity contribution in [2.45, 2.75) is 25.7 Å². The number of hydrogen-bond acceptors (Lipinski definition) is 10. The summed E-state index contributed by atoms with van der Waals surface area (Å²) >= 11 is 0. The monoisotopic (exact) mass is 536 g/mol. The van der Waals surface area contributed by atoms with Gasteiger partial charge in [-0.2, -0.15) is 0 Å². The first kappa shape index (κ1) is 31.2. The Hall–Kier alpha value is -4.79. The van der Waals surface area contributed by atoms with Crippen LogP contribution in [0.15, 0.2) is 42.6 Å². The van der Waals surface area contributed by atoms with Gasteiger partial charge in [-0.1, -0.05) is 6.42 Å². The zero-order valence-corrected chi connectivity index (χ0v) is 20.2. The third-order valence-corrected chi connectivity index (χ3v) is 4.79. The van der Waals surface area contributed by atoms with Crippen molar-refractivity contribution in [1.29, 1.82) is 0 Å². The van der Waals surface area contributed by atoms with Gasteiger partial charge in [-0.05, 0) is 62.7 Å². The van der Waals surface area contributed by atoms with Crippen molar-refractivity contribution < 1.29 is 49.3 Å². The lowest BCUT2D eigenvalue weighted by molar-refractivity contribution is -0.385. The van der Waals surface area contributed by atoms with Gasteiger partial charge in [-0.3, -0.25) is 10.1 Å². The summed E-state index contributed by atoms with van der Waals surface area (Å²) in [6.07, 6.45) is 6.27. The van der Waals surface area contributed by atoms with Crippen molar-refractivity contribution in [1.82, 2.24) is 9.88 Å². The van der Waals surface area contributed by atoms with Crippen LogP contribution >= 0.6 is 0 Å². The number of benzene rings is 1. The van der Waals surface area contributed by atoms with Gasteiger partial charge in [0, 0.05) is 18.3 Å². The van der Waals surface area contributed by atoms with E-state index in [9.17, 15) is 10.1 Å². The molecule has 0 aliphatic carbocycles. The van der Waals surface area contributed by atoms with Crippen molar-refractivity contribution >= 4 is 41.1 Å². The maximum atomic E-state index is 10.6. The van der Waals surface area contributed by atoms with Crippen molar-refractivity contribution in [2.24, 2.45) is 0 Å². The van der Waals surface area contributed by atoms with E-state index in [1.807, 2.05) is 24.3 Å². The lowest BCUT2D eigenvalue weighted by Gasteiger charge is -2.26. The minimum absolute atomic E-state index is 0.0242. The Bertz CT molecular complexity index is 1020. The van der Waals surface area contributed by atoms with Gasteiger partial charge in [0.05, 0.1) is 11.5 Å². The van der Waals surface area contributed by atoms with Crippen molar-refractivity contribution in [2.75, 3.05) is 31.6 Å². The highest BCUT2D eigenvalue weighted by molar-refractivity contribution is 6.27. The lowest BCUT2D eigenvalue weighted by atomic mass is 10.1.